The molecule has 4 heteroatoms. The van der Waals surface area contributed by atoms with Crippen LogP contribution in [0.3, 0.4) is 0 Å². The summed E-state index contributed by atoms with van der Waals surface area (Å²) in [5, 5.41) is 8.96. The Labute approximate surface area is 145 Å². The summed E-state index contributed by atoms with van der Waals surface area (Å²) in [5.41, 5.74) is 1.21. The predicted molar refractivity (Wildman–Crippen MR) is 89.7 cm³/mol. The van der Waals surface area contributed by atoms with Crippen LogP contribution >= 0.6 is 15.9 Å². The number of carbonyl (C=O) groups excluding carboxylic acids is 1. The van der Waals surface area contributed by atoms with Gasteiger partial charge in [-0.2, -0.15) is 5.26 Å². The van der Waals surface area contributed by atoms with Gasteiger partial charge in [-0.25, -0.2) is 0 Å². The predicted octanol–water partition coefficient (Wildman–Crippen LogP) is 4.34. The zero-order valence-electron chi connectivity index (χ0n) is 13.1. The van der Waals surface area contributed by atoms with Gasteiger partial charge in [0, 0.05) is 4.32 Å². The minimum Gasteiger partial charge on any atom is -0.460 e. The quantitative estimate of drug-likeness (QED) is 0.584. The molecular formula is C19H20BrNO2. The third-order valence-electron chi connectivity index (χ3n) is 5.85. The van der Waals surface area contributed by atoms with E-state index < -0.39 is 0 Å². The highest BCUT2D eigenvalue weighted by Crippen LogP contribution is 2.64. The molecular weight excluding hydrogens is 354 g/mol. The van der Waals surface area contributed by atoms with Gasteiger partial charge >= 0.3 is 5.97 Å². The Morgan fingerprint density at radius 2 is 2.04 bits per heavy atom. The van der Waals surface area contributed by atoms with Crippen molar-refractivity contribution in [2.24, 2.45) is 17.3 Å². The van der Waals surface area contributed by atoms with Crippen LogP contribution in [0.5, 0.6) is 0 Å². The van der Waals surface area contributed by atoms with Gasteiger partial charge < -0.3 is 4.74 Å². The average molecular weight is 374 g/mol. The zero-order chi connectivity index (χ0) is 16.1. The van der Waals surface area contributed by atoms with Crippen molar-refractivity contribution in [1.29, 1.82) is 5.26 Å². The van der Waals surface area contributed by atoms with Gasteiger partial charge in [-0.1, -0.05) is 28.1 Å². The van der Waals surface area contributed by atoms with Crippen molar-refractivity contribution >= 4 is 21.9 Å². The van der Waals surface area contributed by atoms with Crippen molar-refractivity contribution in [1.82, 2.24) is 0 Å². The van der Waals surface area contributed by atoms with Gasteiger partial charge in [0.25, 0.3) is 0 Å². The van der Waals surface area contributed by atoms with Crippen molar-refractivity contribution in [2.75, 3.05) is 0 Å². The summed E-state index contributed by atoms with van der Waals surface area (Å²) in [5.74, 6) is 1.31. The lowest BCUT2D eigenvalue weighted by atomic mass is 9.49. The van der Waals surface area contributed by atoms with Crippen LogP contribution in [-0.4, -0.2) is 10.3 Å². The number of esters is 1. The van der Waals surface area contributed by atoms with Crippen LogP contribution in [0.25, 0.3) is 0 Å². The molecule has 0 N–H and O–H groups in total. The largest absolute Gasteiger partial charge is 0.460 e. The standard InChI is InChI=1S/C19H20BrNO2/c20-19-8-15-5-16(9-19)7-18(6-15,12-19)17(22)23-11-14-3-1-2-13(4-14)10-21/h1-4,15-16H,5-9,11-12H2/t15-,16+,18?,19?. The van der Waals surface area contributed by atoms with E-state index in [1.54, 1.807) is 12.1 Å². The SMILES string of the molecule is N#Cc1cccc(COC(=O)C23C[C@@H]4C[C@@H](CC(Br)(C4)C2)C3)c1. The van der Waals surface area contributed by atoms with Crippen molar-refractivity contribution in [3.05, 3.63) is 35.4 Å². The van der Waals surface area contributed by atoms with E-state index in [1.165, 1.54) is 19.3 Å². The van der Waals surface area contributed by atoms with E-state index >= 15 is 0 Å². The minimum atomic E-state index is -0.277. The molecule has 1 aromatic rings. The van der Waals surface area contributed by atoms with Gasteiger partial charge in [-0.3, -0.25) is 4.79 Å². The number of halogens is 1. The Kier molecular flexibility index (Phi) is 3.53. The summed E-state index contributed by atoms with van der Waals surface area (Å²) < 4.78 is 5.85. The second-order valence-electron chi connectivity index (χ2n) is 7.78. The van der Waals surface area contributed by atoms with E-state index in [9.17, 15) is 4.79 Å². The molecule has 4 fully saturated rings. The maximum Gasteiger partial charge on any atom is 0.312 e. The molecule has 0 aromatic heterocycles. The molecule has 0 spiro atoms. The molecule has 0 radical (unpaired) electrons. The molecule has 0 amide bonds. The first-order valence-corrected chi connectivity index (χ1v) is 9.15. The van der Waals surface area contributed by atoms with E-state index in [-0.39, 0.29) is 22.3 Å². The summed E-state index contributed by atoms with van der Waals surface area (Å²) in [6.45, 7) is 0.265. The van der Waals surface area contributed by atoms with Crippen LogP contribution in [0.4, 0.5) is 0 Å². The van der Waals surface area contributed by atoms with Crippen molar-refractivity contribution in [3.8, 4) is 6.07 Å². The number of nitrogens with zero attached hydrogens (tertiary/aromatic N) is 1. The lowest BCUT2D eigenvalue weighted by Crippen LogP contribution is -2.56. The molecule has 3 nitrogen and oxygen atoms in total. The maximum atomic E-state index is 12.9. The van der Waals surface area contributed by atoms with E-state index in [2.05, 4.69) is 22.0 Å². The fraction of sp³-hybridized carbons (Fsp3) is 0.579. The Balaban J connectivity index is 1.48. The summed E-state index contributed by atoms with van der Waals surface area (Å²) >= 11 is 3.93. The van der Waals surface area contributed by atoms with Crippen LogP contribution in [-0.2, 0) is 16.1 Å². The topological polar surface area (TPSA) is 50.1 Å². The maximum absolute atomic E-state index is 12.9. The van der Waals surface area contributed by atoms with E-state index in [4.69, 9.17) is 10.00 Å². The first kappa shape index (κ1) is 15.2. The first-order valence-electron chi connectivity index (χ1n) is 8.36. The number of rotatable bonds is 3. The molecule has 0 heterocycles. The van der Waals surface area contributed by atoms with Gasteiger partial charge in [-0.15, -0.1) is 0 Å². The number of hydrogen-bond acceptors (Lipinski definition) is 3. The summed E-state index contributed by atoms with van der Waals surface area (Å²) in [6.07, 6.45) is 6.62. The van der Waals surface area contributed by atoms with Gasteiger partial charge in [0.1, 0.15) is 6.61 Å². The number of benzene rings is 1. The van der Waals surface area contributed by atoms with E-state index in [0.29, 0.717) is 17.4 Å². The highest BCUT2D eigenvalue weighted by atomic mass is 79.9. The lowest BCUT2D eigenvalue weighted by molar-refractivity contribution is -0.170. The van der Waals surface area contributed by atoms with Crippen LogP contribution < -0.4 is 0 Å². The molecule has 4 saturated carbocycles. The molecule has 0 saturated heterocycles. The Bertz CT molecular complexity index is 679. The van der Waals surface area contributed by atoms with Crippen LogP contribution in [0.15, 0.2) is 24.3 Å². The molecule has 5 rings (SSSR count). The fourth-order valence-electron chi connectivity index (χ4n) is 5.42. The van der Waals surface area contributed by atoms with E-state index in [0.717, 1.165) is 24.8 Å². The van der Waals surface area contributed by atoms with Gasteiger partial charge in [-0.05, 0) is 68.1 Å². The Morgan fingerprint density at radius 3 is 2.70 bits per heavy atom. The van der Waals surface area contributed by atoms with Gasteiger partial charge in [0.15, 0.2) is 0 Å². The van der Waals surface area contributed by atoms with E-state index in [1.807, 2.05) is 12.1 Å². The monoisotopic (exact) mass is 373 g/mol. The zero-order valence-corrected chi connectivity index (χ0v) is 14.6. The number of carbonyl (C=O) groups is 1. The summed E-state index contributed by atoms with van der Waals surface area (Å²) in [4.78, 5) is 12.9. The van der Waals surface area contributed by atoms with Crippen molar-refractivity contribution < 1.29 is 9.53 Å². The second kappa shape index (κ2) is 5.34. The van der Waals surface area contributed by atoms with Crippen molar-refractivity contribution in [3.63, 3.8) is 0 Å². The normalized spacial score (nSPS) is 37.4. The molecule has 4 aliphatic rings. The van der Waals surface area contributed by atoms with Crippen LogP contribution in [0.1, 0.15) is 49.7 Å². The van der Waals surface area contributed by atoms with Crippen LogP contribution in [0.2, 0.25) is 0 Å². The van der Waals surface area contributed by atoms with Gasteiger partial charge in [0.2, 0.25) is 0 Å². The van der Waals surface area contributed by atoms with Gasteiger partial charge in [0.05, 0.1) is 17.0 Å². The van der Waals surface area contributed by atoms with Crippen LogP contribution in [0, 0.1) is 28.6 Å². The lowest BCUT2D eigenvalue weighted by Gasteiger charge is -2.58. The number of nitriles is 1. The average Bonchev–Trinajstić information content (AvgIpc) is 2.50. The first-order chi connectivity index (χ1) is 11.0. The molecule has 4 bridgehead atoms. The molecule has 4 atom stereocenters. The highest BCUT2D eigenvalue weighted by Gasteiger charge is 2.60. The fourth-order valence-corrected chi connectivity index (χ4v) is 6.87. The third kappa shape index (κ3) is 2.70. The molecule has 4 aliphatic carbocycles. The number of hydrogen-bond donors (Lipinski definition) is 0. The minimum absolute atomic E-state index is 0.0298. The molecule has 2 unspecified atom stereocenters. The summed E-state index contributed by atoms with van der Waals surface area (Å²) in [7, 11) is 0. The smallest absolute Gasteiger partial charge is 0.312 e. The number of alkyl halides is 1. The summed E-state index contributed by atoms with van der Waals surface area (Å²) in [6, 6.07) is 9.41. The molecule has 23 heavy (non-hydrogen) atoms. The van der Waals surface area contributed by atoms with Crippen molar-refractivity contribution in [2.45, 2.75) is 49.5 Å². The molecule has 120 valence electrons. The Morgan fingerprint density at radius 1 is 1.30 bits per heavy atom. The molecule has 0 aliphatic heterocycles. The highest BCUT2D eigenvalue weighted by molar-refractivity contribution is 9.10. The second-order valence-corrected chi connectivity index (χ2v) is 9.46. The number of ether oxygens (including phenoxy) is 1. The Hall–Kier alpha value is -1.34. The molecule has 1 aromatic carbocycles. The third-order valence-corrected chi connectivity index (χ3v) is 6.78.